The van der Waals surface area contributed by atoms with Gasteiger partial charge >= 0.3 is 0 Å². The third-order valence-electron chi connectivity index (χ3n) is 4.89. The topological polar surface area (TPSA) is 21.3 Å². The summed E-state index contributed by atoms with van der Waals surface area (Å²) in [5.41, 5.74) is 2.70. The number of hydrogen-bond donors (Lipinski definition) is 1. The van der Waals surface area contributed by atoms with E-state index in [0.717, 1.165) is 19.1 Å². The molecule has 21 heavy (non-hydrogen) atoms. The number of nitrogens with one attached hydrogen (secondary N) is 1. The number of rotatable bonds is 7. The van der Waals surface area contributed by atoms with E-state index in [9.17, 15) is 0 Å². The van der Waals surface area contributed by atoms with Gasteiger partial charge in [0.2, 0.25) is 0 Å². The van der Waals surface area contributed by atoms with Crippen molar-refractivity contribution < 1.29 is 4.74 Å². The van der Waals surface area contributed by atoms with Crippen molar-refractivity contribution >= 4 is 0 Å². The molecule has 0 aliphatic heterocycles. The van der Waals surface area contributed by atoms with E-state index in [0.29, 0.717) is 12.0 Å². The molecule has 0 amide bonds. The molecule has 2 rings (SSSR count). The first-order valence-corrected chi connectivity index (χ1v) is 8.59. The van der Waals surface area contributed by atoms with Crippen LogP contribution in [0.15, 0.2) is 24.3 Å². The summed E-state index contributed by atoms with van der Waals surface area (Å²) < 4.78 is 6.21. The summed E-state index contributed by atoms with van der Waals surface area (Å²) in [4.78, 5) is 0. The summed E-state index contributed by atoms with van der Waals surface area (Å²) in [6.45, 7) is 6.35. The monoisotopic (exact) mass is 289 g/mol. The predicted molar refractivity (Wildman–Crippen MR) is 89.6 cm³/mol. The van der Waals surface area contributed by atoms with Gasteiger partial charge < -0.3 is 10.1 Å². The second-order valence-corrected chi connectivity index (χ2v) is 6.50. The molecule has 1 aliphatic carbocycles. The Labute approximate surface area is 130 Å². The zero-order chi connectivity index (χ0) is 15.1. The highest BCUT2D eigenvalue weighted by molar-refractivity contribution is 5.24. The van der Waals surface area contributed by atoms with Crippen LogP contribution in [0.4, 0.5) is 0 Å². The molecular weight excluding hydrogens is 258 g/mol. The first-order valence-electron chi connectivity index (χ1n) is 8.59. The van der Waals surface area contributed by atoms with E-state index in [-0.39, 0.29) is 0 Å². The van der Waals surface area contributed by atoms with Gasteiger partial charge in [0, 0.05) is 6.54 Å². The fourth-order valence-corrected chi connectivity index (χ4v) is 3.43. The van der Waals surface area contributed by atoms with Crippen LogP contribution < -0.4 is 5.32 Å². The van der Waals surface area contributed by atoms with E-state index in [1.54, 1.807) is 0 Å². The molecule has 0 radical (unpaired) electrons. The second kappa shape index (κ2) is 8.55. The summed E-state index contributed by atoms with van der Waals surface area (Å²) in [5, 5.41) is 3.24. The lowest BCUT2D eigenvalue weighted by Gasteiger charge is -2.30. The van der Waals surface area contributed by atoms with E-state index < -0.39 is 0 Å². The van der Waals surface area contributed by atoms with E-state index in [2.05, 4.69) is 43.4 Å². The highest BCUT2D eigenvalue weighted by Gasteiger charge is 2.24. The van der Waals surface area contributed by atoms with Crippen LogP contribution in [0.25, 0.3) is 0 Å². The maximum atomic E-state index is 6.21. The molecule has 1 N–H and O–H groups in total. The summed E-state index contributed by atoms with van der Waals surface area (Å²) in [7, 11) is 2.01. The molecule has 3 atom stereocenters. The molecule has 1 aromatic carbocycles. The lowest BCUT2D eigenvalue weighted by atomic mass is 9.85. The smallest absolute Gasteiger partial charge is 0.0720 e. The van der Waals surface area contributed by atoms with Gasteiger partial charge in [-0.05, 0) is 42.9 Å². The van der Waals surface area contributed by atoms with Gasteiger partial charge in [0.15, 0.2) is 0 Å². The number of ether oxygens (including phenoxy) is 1. The molecule has 0 heterocycles. The van der Waals surface area contributed by atoms with Crippen molar-refractivity contribution in [2.45, 2.75) is 64.6 Å². The lowest BCUT2D eigenvalue weighted by Crippen LogP contribution is -2.27. The quantitative estimate of drug-likeness (QED) is 0.798. The number of likely N-dealkylation sites (N-methyl/N-ethyl adjacent to an activating group) is 1. The van der Waals surface area contributed by atoms with Crippen molar-refractivity contribution in [3.05, 3.63) is 35.4 Å². The Morgan fingerprint density at radius 3 is 2.57 bits per heavy atom. The highest BCUT2D eigenvalue weighted by Crippen LogP contribution is 2.29. The predicted octanol–water partition coefficient (Wildman–Crippen LogP) is 4.49. The summed E-state index contributed by atoms with van der Waals surface area (Å²) in [5.74, 6) is 1.33. The van der Waals surface area contributed by atoms with Gasteiger partial charge in [0.25, 0.3) is 0 Å². The van der Waals surface area contributed by atoms with Gasteiger partial charge in [-0.15, -0.1) is 0 Å². The second-order valence-electron chi connectivity index (χ2n) is 6.50. The van der Waals surface area contributed by atoms with Crippen LogP contribution in [0.2, 0.25) is 0 Å². The maximum absolute atomic E-state index is 6.21. The Morgan fingerprint density at radius 1 is 1.19 bits per heavy atom. The minimum absolute atomic E-state index is 0.478. The molecule has 1 fully saturated rings. The van der Waals surface area contributed by atoms with E-state index in [4.69, 9.17) is 4.74 Å². The van der Waals surface area contributed by atoms with Crippen LogP contribution in [0.5, 0.6) is 0 Å². The zero-order valence-electron chi connectivity index (χ0n) is 13.9. The van der Waals surface area contributed by atoms with Gasteiger partial charge in [0.1, 0.15) is 0 Å². The third-order valence-corrected chi connectivity index (χ3v) is 4.89. The van der Waals surface area contributed by atoms with Crippen molar-refractivity contribution in [1.82, 2.24) is 5.32 Å². The van der Waals surface area contributed by atoms with E-state index >= 15 is 0 Å². The molecule has 3 unspecified atom stereocenters. The Bertz CT molecular complexity index is 401. The average Bonchev–Trinajstić information content (AvgIpc) is 2.54. The molecule has 1 saturated carbocycles. The third kappa shape index (κ3) is 4.82. The van der Waals surface area contributed by atoms with Crippen LogP contribution in [-0.2, 0) is 11.3 Å². The van der Waals surface area contributed by atoms with Gasteiger partial charge in [0.05, 0.1) is 12.7 Å². The molecule has 1 aromatic rings. The van der Waals surface area contributed by atoms with Crippen molar-refractivity contribution in [1.29, 1.82) is 0 Å². The zero-order valence-corrected chi connectivity index (χ0v) is 13.9. The van der Waals surface area contributed by atoms with Crippen molar-refractivity contribution in [2.24, 2.45) is 5.92 Å². The standard InChI is InChI=1S/C19H31NO/c1-4-17-7-5-6-8-19(17)21-14-16-9-11-18(12-10-16)15(2)13-20-3/h9-12,15,17,19-20H,4-8,13-14H2,1-3H3. The largest absolute Gasteiger partial charge is 0.373 e. The van der Waals surface area contributed by atoms with Crippen LogP contribution in [0.1, 0.15) is 63.0 Å². The molecule has 2 nitrogen and oxygen atoms in total. The summed E-state index contributed by atoms with van der Waals surface area (Å²) in [6, 6.07) is 8.95. The van der Waals surface area contributed by atoms with Gasteiger partial charge in [-0.25, -0.2) is 0 Å². The van der Waals surface area contributed by atoms with Crippen LogP contribution in [-0.4, -0.2) is 19.7 Å². The maximum Gasteiger partial charge on any atom is 0.0720 e. The Morgan fingerprint density at radius 2 is 1.90 bits per heavy atom. The molecule has 2 heteroatoms. The van der Waals surface area contributed by atoms with Crippen LogP contribution in [0.3, 0.4) is 0 Å². The van der Waals surface area contributed by atoms with Crippen LogP contribution in [0, 0.1) is 5.92 Å². The number of benzene rings is 1. The Hall–Kier alpha value is -0.860. The lowest BCUT2D eigenvalue weighted by molar-refractivity contribution is -0.0221. The first kappa shape index (κ1) is 16.5. The summed E-state index contributed by atoms with van der Waals surface area (Å²) in [6.07, 6.45) is 7.05. The molecule has 1 aliphatic rings. The minimum atomic E-state index is 0.478. The molecule has 118 valence electrons. The highest BCUT2D eigenvalue weighted by atomic mass is 16.5. The fourth-order valence-electron chi connectivity index (χ4n) is 3.43. The molecule has 0 saturated heterocycles. The van der Waals surface area contributed by atoms with Crippen LogP contribution >= 0.6 is 0 Å². The molecular formula is C19H31NO. The molecule has 0 spiro atoms. The minimum Gasteiger partial charge on any atom is -0.373 e. The van der Waals surface area contributed by atoms with Crippen molar-refractivity contribution in [3.63, 3.8) is 0 Å². The van der Waals surface area contributed by atoms with Gasteiger partial charge in [-0.3, -0.25) is 0 Å². The fraction of sp³-hybridized carbons (Fsp3) is 0.684. The van der Waals surface area contributed by atoms with Crippen molar-refractivity contribution in [3.8, 4) is 0 Å². The average molecular weight is 289 g/mol. The van der Waals surface area contributed by atoms with Gasteiger partial charge in [-0.2, -0.15) is 0 Å². The molecule has 0 bridgehead atoms. The Kier molecular flexibility index (Phi) is 6.72. The first-order chi connectivity index (χ1) is 10.2. The van der Waals surface area contributed by atoms with Gasteiger partial charge in [-0.1, -0.05) is 57.4 Å². The Balaban J connectivity index is 1.85. The number of hydrogen-bond acceptors (Lipinski definition) is 2. The normalized spacial score (nSPS) is 24.0. The SMILES string of the molecule is CCC1CCCCC1OCc1ccc(C(C)CNC)cc1. The van der Waals surface area contributed by atoms with E-state index in [1.807, 2.05) is 7.05 Å². The summed E-state index contributed by atoms with van der Waals surface area (Å²) >= 11 is 0. The van der Waals surface area contributed by atoms with Crippen molar-refractivity contribution in [2.75, 3.05) is 13.6 Å². The molecule has 0 aromatic heterocycles. The van der Waals surface area contributed by atoms with E-state index in [1.165, 1.54) is 43.2 Å².